The van der Waals surface area contributed by atoms with Crippen molar-refractivity contribution in [1.29, 1.82) is 0 Å². The third-order valence-corrected chi connectivity index (χ3v) is 9.22. The third kappa shape index (κ3) is 6.93. The third-order valence-electron chi connectivity index (χ3n) is 5.45. The van der Waals surface area contributed by atoms with Gasteiger partial charge in [-0.15, -0.1) is 11.3 Å². The summed E-state index contributed by atoms with van der Waals surface area (Å²) in [5, 5.41) is 12.7. The fourth-order valence-electron chi connectivity index (χ4n) is 3.87. The van der Waals surface area contributed by atoms with E-state index in [1.807, 2.05) is 20.8 Å². The minimum Gasteiger partial charge on any atom is -0.489 e. The molecule has 0 saturated heterocycles. The molecule has 190 valence electrons. The molecule has 0 radical (unpaired) electrons. The summed E-state index contributed by atoms with van der Waals surface area (Å²) < 4.78 is 51.6. The van der Waals surface area contributed by atoms with Crippen LogP contribution in [-0.2, 0) is 14.6 Å². The smallest absolute Gasteiger partial charge is 0.341 e. The van der Waals surface area contributed by atoms with Gasteiger partial charge in [0.15, 0.2) is 16.4 Å². The average molecular weight is 524 g/mol. The van der Waals surface area contributed by atoms with Crippen molar-refractivity contribution < 1.29 is 32.2 Å². The monoisotopic (exact) mass is 523 g/mol. The lowest BCUT2D eigenvalue weighted by Gasteiger charge is -2.18. The van der Waals surface area contributed by atoms with Crippen LogP contribution in [0.25, 0.3) is 10.1 Å². The lowest BCUT2D eigenvalue weighted by atomic mass is 10.1. The minimum absolute atomic E-state index is 0.00156. The lowest BCUT2D eigenvalue weighted by molar-refractivity contribution is -0.139. The van der Waals surface area contributed by atoms with Gasteiger partial charge in [-0.2, -0.15) is 0 Å². The molecule has 1 heterocycles. The fraction of sp³-hybridized carbons (Fsp3) is 0.400. The van der Waals surface area contributed by atoms with Gasteiger partial charge in [0, 0.05) is 11.2 Å². The second-order valence-corrected chi connectivity index (χ2v) is 11.9. The first kappa shape index (κ1) is 26.9. The number of aryl methyl sites for hydroxylation is 3. The quantitative estimate of drug-likeness (QED) is 0.333. The maximum atomic E-state index is 13.5. The molecule has 35 heavy (non-hydrogen) atoms. The topological polar surface area (TPSA) is 102 Å². The Hall–Kier alpha value is -2.69. The Balaban J connectivity index is 1.48. The van der Waals surface area contributed by atoms with E-state index in [2.05, 4.69) is 5.32 Å². The Morgan fingerprint density at radius 2 is 1.86 bits per heavy atom. The second-order valence-electron chi connectivity index (χ2n) is 8.53. The van der Waals surface area contributed by atoms with Crippen molar-refractivity contribution in [1.82, 2.24) is 5.32 Å². The zero-order valence-electron chi connectivity index (χ0n) is 20.2. The maximum Gasteiger partial charge on any atom is 0.341 e. The summed E-state index contributed by atoms with van der Waals surface area (Å²) in [7, 11) is -3.46. The van der Waals surface area contributed by atoms with Gasteiger partial charge in [-0.1, -0.05) is 0 Å². The number of fused-ring (bicyclic) bond motifs is 1. The molecule has 1 atom stereocenters. The van der Waals surface area contributed by atoms with Gasteiger partial charge in [-0.05, 0) is 93.1 Å². The van der Waals surface area contributed by atoms with Crippen LogP contribution in [0.4, 0.5) is 4.39 Å². The molecule has 1 unspecified atom stereocenters. The lowest BCUT2D eigenvalue weighted by Crippen LogP contribution is -2.30. The summed E-state index contributed by atoms with van der Waals surface area (Å²) in [6, 6.07) is 7.93. The number of sulfone groups is 1. The fourth-order valence-corrected chi connectivity index (χ4v) is 7.10. The largest absolute Gasteiger partial charge is 0.489 e. The summed E-state index contributed by atoms with van der Waals surface area (Å²) >= 11 is 1.18. The molecule has 0 aliphatic heterocycles. The van der Waals surface area contributed by atoms with E-state index in [0.29, 0.717) is 46.2 Å². The van der Waals surface area contributed by atoms with Crippen LogP contribution < -0.4 is 14.8 Å². The standard InChI is InChI=1S/C25H30FNO6S2/c1-15-10-20(11-16(2)24(15)32-14-23(28)29)33-17(3)13-27-8-5-9-35(30,31)25-18(4)21-12-19(26)6-7-22(21)34-25/h6-7,10-12,17,27H,5,8-9,13-14H2,1-4H3,(H,28,29). The molecule has 3 aromatic rings. The van der Waals surface area contributed by atoms with Crippen LogP contribution >= 0.6 is 11.3 Å². The van der Waals surface area contributed by atoms with Crippen LogP contribution in [0.3, 0.4) is 0 Å². The highest BCUT2D eigenvalue weighted by atomic mass is 32.2. The zero-order chi connectivity index (χ0) is 25.8. The number of carboxylic acids is 1. The van der Waals surface area contributed by atoms with Crippen molar-refractivity contribution in [3.63, 3.8) is 0 Å². The van der Waals surface area contributed by atoms with Crippen LogP contribution in [0.2, 0.25) is 0 Å². The van der Waals surface area contributed by atoms with Crippen molar-refractivity contribution in [2.45, 2.75) is 44.4 Å². The highest BCUT2D eigenvalue weighted by molar-refractivity contribution is 7.93. The first-order chi connectivity index (χ1) is 16.5. The van der Waals surface area contributed by atoms with Crippen LogP contribution in [0.15, 0.2) is 34.5 Å². The van der Waals surface area contributed by atoms with Gasteiger partial charge in [0.05, 0.1) is 5.75 Å². The predicted octanol–water partition coefficient (Wildman–Crippen LogP) is 4.65. The van der Waals surface area contributed by atoms with Gasteiger partial charge in [0.1, 0.15) is 27.6 Å². The molecule has 0 spiro atoms. The number of carboxylic acid groups (broad SMARTS) is 1. The predicted molar refractivity (Wildman–Crippen MR) is 135 cm³/mol. The van der Waals surface area contributed by atoms with Crippen molar-refractivity contribution in [3.8, 4) is 11.5 Å². The van der Waals surface area contributed by atoms with Gasteiger partial charge in [0.25, 0.3) is 0 Å². The number of halogens is 1. The van der Waals surface area contributed by atoms with E-state index in [0.717, 1.165) is 15.8 Å². The van der Waals surface area contributed by atoms with Gasteiger partial charge in [0.2, 0.25) is 0 Å². The molecule has 0 bridgehead atoms. The SMILES string of the molecule is Cc1cc(OC(C)CNCCCS(=O)(=O)c2sc3ccc(F)cc3c2C)cc(C)c1OCC(=O)O. The van der Waals surface area contributed by atoms with Crippen molar-refractivity contribution in [2.24, 2.45) is 0 Å². The number of hydrogen-bond acceptors (Lipinski definition) is 7. The highest BCUT2D eigenvalue weighted by Gasteiger charge is 2.21. The van der Waals surface area contributed by atoms with Gasteiger partial charge >= 0.3 is 5.97 Å². The molecule has 2 N–H and O–H groups in total. The zero-order valence-corrected chi connectivity index (χ0v) is 21.8. The van der Waals surface area contributed by atoms with Crippen molar-refractivity contribution in [3.05, 3.63) is 52.8 Å². The summed E-state index contributed by atoms with van der Waals surface area (Å²) in [4.78, 5) is 10.7. The molecule has 0 aliphatic carbocycles. The Labute approximate surface area is 208 Å². The van der Waals surface area contributed by atoms with Crippen LogP contribution in [0, 0.1) is 26.6 Å². The first-order valence-electron chi connectivity index (χ1n) is 11.2. The van der Waals surface area contributed by atoms with E-state index in [1.165, 1.54) is 23.5 Å². The molecule has 0 amide bonds. The van der Waals surface area contributed by atoms with E-state index in [9.17, 15) is 17.6 Å². The normalized spacial score (nSPS) is 12.6. The number of hydrogen-bond donors (Lipinski definition) is 2. The average Bonchev–Trinajstić information content (AvgIpc) is 3.09. The Morgan fingerprint density at radius 1 is 1.17 bits per heavy atom. The number of benzene rings is 2. The molecule has 0 saturated carbocycles. The number of nitrogens with one attached hydrogen (secondary N) is 1. The number of rotatable bonds is 12. The number of aliphatic carboxylic acids is 1. The summed E-state index contributed by atoms with van der Waals surface area (Å²) in [5.74, 6) is -0.231. The molecular weight excluding hydrogens is 493 g/mol. The maximum absolute atomic E-state index is 13.5. The van der Waals surface area contributed by atoms with Crippen molar-refractivity contribution in [2.75, 3.05) is 25.4 Å². The molecular formula is C25H30FNO6S2. The minimum atomic E-state index is -3.46. The van der Waals surface area contributed by atoms with Crippen LogP contribution in [0.1, 0.15) is 30.0 Å². The van der Waals surface area contributed by atoms with Gasteiger partial charge < -0.3 is 19.9 Å². The molecule has 7 nitrogen and oxygen atoms in total. The molecule has 0 fully saturated rings. The Morgan fingerprint density at radius 3 is 2.51 bits per heavy atom. The van der Waals surface area contributed by atoms with Gasteiger partial charge in [-0.3, -0.25) is 0 Å². The number of ether oxygens (including phenoxy) is 2. The summed E-state index contributed by atoms with van der Waals surface area (Å²) in [5.41, 5.74) is 2.17. The van der Waals surface area contributed by atoms with Gasteiger partial charge in [-0.25, -0.2) is 17.6 Å². The second kappa shape index (κ2) is 11.4. The van der Waals surface area contributed by atoms with E-state index in [1.54, 1.807) is 25.1 Å². The van der Waals surface area contributed by atoms with Crippen LogP contribution in [0.5, 0.6) is 11.5 Å². The number of carbonyl (C=O) groups is 1. The van der Waals surface area contributed by atoms with E-state index in [4.69, 9.17) is 14.6 Å². The molecule has 1 aromatic heterocycles. The van der Waals surface area contributed by atoms with Crippen LogP contribution in [-0.4, -0.2) is 51.0 Å². The Kier molecular flexibility index (Phi) is 8.74. The molecule has 0 aliphatic rings. The van der Waals surface area contributed by atoms with E-state index in [-0.39, 0.29) is 17.7 Å². The number of thiophene rings is 1. The molecule has 3 rings (SSSR count). The van der Waals surface area contributed by atoms with E-state index >= 15 is 0 Å². The Bertz CT molecular complexity index is 1300. The summed E-state index contributed by atoms with van der Waals surface area (Å²) in [6.07, 6.45) is 0.265. The molecule has 10 heteroatoms. The summed E-state index contributed by atoms with van der Waals surface area (Å²) in [6.45, 7) is 7.91. The van der Waals surface area contributed by atoms with E-state index < -0.39 is 22.4 Å². The molecule has 2 aromatic carbocycles. The first-order valence-corrected chi connectivity index (χ1v) is 13.7. The van der Waals surface area contributed by atoms with Crippen molar-refractivity contribution >= 4 is 37.2 Å². The highest BCUT2D eigenvalue weighted by Crippen LogP contribution is 2.35.